The molecule has 0 spiro atoms. The van der Waals surface area contributed by atoms with Gasteiger partial charge in [0.1, 0.15) is 23.1 Å². The second-order valence-corrected chi connectivity index (χ2v) is 4.51. The fraction of sp³-hybridized carbons (Fsp3) is 0.0667. The third-order valence-corrected chi connectivity index (χ3v) is 2.94. The first-order chi connectivity index (χ1) is 10.5. The molecule has 0 aromatic heterocycles. The Morgan fingerprint density at radius 3 is 2.82 bits per heavy atom. The highest BCUT2D eigenvalue weighted by atomic mass is 19.1. The summed E-state index contributed by atoms with van der Waals surface area (Å²) >= 11 is 0. The molecule has 0 bridgehead atoms. The lowest BCUT2D eigenvalue weighted by molar-refractivity contribution is -0.118. The van der Waals surface area contributed by atoms with Crippen LogP contribution >= 0.6 is 0 Å². The number of ether oxygens (including phenoxy) is 2. The Balaban J connectivity index is 1.84. The van der Waals surface area contributed by atoms with Crippen LogP contribution in [0.4, 0.5) is 14.5 Å². The number of carbonyl (C=O) groups is 2. The zero-order valence-corrected chi connectivity index (χ0v) is 11.1. The van der Waals surface area contributed by atoms with E-state index in [-0.39, 0.29) is 18.3 Å². The van der Waals surface area contributed by atoms with Crippen LogP contribution in [-0.2, 0) is 4.79 Å². The van der Waals surface area contributed by atoms with Gasteiger partial charge in [-0.2, -0.15) is 0 Å². The maximum absolute atomic E-state index is 13.5. The van der Waals surface area contributed by atoms with Crippen LogP contribution in [0, 0.1) is 11.6 Å². The van der Waals surface area contributed by atoms with Crippen LogP contribution in [0.15, 0.2) is 36.4 Å². The van der Waals surface area contributed by atoms with Gasteiger partial charge in [0, 0.05) is 6.07 Å². The van der Waals surface area contributed by atoms with Gasteiger partial charge in [-0.15, -0.1) is 0 Å². The van der Waals surface area contributed by atoms with Crippen molar-refractivity contribution in [1.29, 1.82) is 0 Å². The third kappa shape index (κ3) is 2.73. The highest BCUT2D eigenvalue weighted by Gasteiger charge is 2.19. The molecular weight excluding hydrogens is 296 g/mol. The molecule has 0 saturated heterocycles. The number of nitrogens with one attached hydrogen (secondary N) is 1. The molecule has 2 aromatic carbocycles. The molecule has 0 aliphatic carbocycles. The molecule has 1 N–H and O–H groups in total. The van der Waals surface area contributed by atoms with Crippen molar-refractivity contribution in [1.82, 2.24) is 0 Å². The molecule has 112 valence electrons. The molecule has 0 unspecified atom stereocenters. The van der Waals surface area contributed by atoms with E-state index in [1.807, 2.05) is 0 Å². The normalized spacial score (nSPS) is 12.9. The van der Waals surface area contributed by atoms with E-state index in [4.69, 9.17) is 9.47 Å². The van der Waals surface area contributed by atoms with E-state index >= 15 is 0 Å². The number of anilines is 1. The molecule has 7 heteroatoms. The number of rotatable bonds is 2. The fourth-order valence-corrected chi connectivity index (χ4v) is 1.94. The van der Waals surface area contributed by atoms with Crippen LogP contribution in [0.1, 0.15) is 10.4 Å². The Hall–Kier alpha value is -2.96. The van der Waals surface area contributed by atoms with Gasteiger partial charge in [0.15, 0.2) is 6.61 Å². The molecule has 22 heavy (non-hydrogen) atoms. The summed E-state index contributed by atoms with van der Waals surface area (Å²) < 4.78 is 36.7. The van der Waals surface area contributed by atoms with E-state index < -0.39 is 23.2 Å². The molecule has 5 nitrogen and oxygen atoms in total. The highest BCUT2D eigenvalue weighted by molar-refractivity contribution is 5.96. The van der Waals surface area contributed by atoms with Crippen LogP contribution in [0.2, 0.25) is 0 Å². The fourth-order valence-electron chi connectivity index (χ4n) is 1.94. The monoisotopic (exact) mass is 305 g/mol. The van der Waals surface area contributed by atoms with Gasteiger partial charge >= 0.3 is 5.97 Å². The van der Waals surface area contributed by atoms with Gasteiger partial charge in [-0.3, -0.25) is 4.79 Å². The molecule has 3 rings (SSSR count). The number of halogens is 2. The van der Waals surface area contributed by atoms with Gasteiger partial charge < -0.3 is 14.8 Å². The molecule has 1 aliphatic rings. The Morgan fingerprint density at radius 2 is 2.00 bits per heavy atom. The summed E-state index contributed by atoms with van der Waals surface area (Å²) in [5.41, 5.74) is -0.181. The number of esters is 1. The lowest BCUT2D eigenvalue weighted by Crippen LogP contribution is -2.25. The largest absolute Gasteiger partial charge is 0.482 e. The predicted octanol–water partition coefficient (Wildman–Crippen LogP) is 2.51. The SMILES string of the molecule is O=C1COc2ccc(OC(=O)c3cc(F)ccc3F)cc2N1. The van der Waals surface area contributed by atoms with Gasteiger partial charge in [0.05, 0.1) is 11.3 Å². The van der Waals surface area contributed by atoms with E-state index in [0.29, 0.717) is 11.4 Å². The Labute approximate surface area is 123 Å². The standard InChI is InChI=1S/C15H9F2NO4/c16-8-1-3-11(17)10(5-8)15(20)22-9-2-4-13-12(6-9)18-14(19)7-21-13/h1-6H,7H2,(H,18,19). The molecule has 0 saturated carbocycles. The van der Waals surface area contributed by atoms with Crippen molar-refractivity contribution in [3.05, 3.63) is 53.6 Å². The summed E-state index contributed by atoms with van der Waals surface area (Å²) in [6.45, 7) is -0.0966. The summed E-state index contributed by atoms with van der Waals surface area (Å²) in [5.74, 6) is -2.53. The van der Waals surface area contributed by atoms with Crippen molar-refractivity contribution in [2.24, 2.45) is 0 Å². The van der Waals surface area contributed by atoms with Crippen molar-refractivity contribution in [3.8, 4) is 11.5 Å². The van der Waals surface area contributed by atoms with E-state index in [1.54, 1.807) is 0 Å². The van der Waals surface area contributed by atoms with E-state index in [0.717, 1.165) is 18.2 Å². The minimum absolute atomic E-state index is 0.0678. The summed E-state index contributed by atoms with van der Waals surface area (Å²) in [6, 6.07) is 6.78. The van der Waals surface area contributed by atoms with E-state index in [1.165, 1.54) is 18.2 Å². The molecule has 1 aliphatic heterocycles. The van der Waals surface area contributed by atoms with Crippen LogP contribution in [0.5, 0.6) is 11.5 Å². The quantitative estimate of drug-likeness (QED) is 0.684. The maximum atomic E-state index is 13.5. The summed E-state index contributed by atoms with van der Waals surface area (Å²) in [7, 11) is 0. The smallest absolute Gasteiger partial charge is 0.346 e. The minimum atomic E-state index is -1.04. The van der Waals surface area contributed by atoms with Crippen molar-refractivity contribution in [2.75, 3.05) is 11.9 Å². The molecule has 1 heterocycles. The summed E-state index contributed by atoms with van der Waals surface area (Å²) in [4.78, 5) is 23.1. The molecule has 2 aromatic rings. The lowest BCUT2D eigenvalue weighted by atomic mass is 10.2. The first-order valence-corrected chi connectivity index (χ1v) is 6.27. The number of fused-ring (bicyclic) bond motifs is 1. The molecule has 0 fully saturated rings. The van der Waals surface area contributed by atoms with Crippen molar-refractivity contribution in [3.63, 3.8) is 0 Å². The number of amides is 1. The van der Waals surface area contributed by atoms with Crippen molar-refractivity contribution in [2.45, 2.75) is 0 Å². The topological polar surface area (TPSA) is 64.6 Å². The highest BCUT2D eigenvalue weighted by Crippen LogP contribution is 2.31. The number of hydrogen-bond acceptors (Lipinski definition) is 4. The van der Waals surface area contributed by atoms with Gasteiger partial charge in [0.25, 0.3) is 5.91 Å². The zero-order valence-electron chi connectivity index (χ0n) is 11.1. The lowest BCUT2D eigenvalue weighted by Gasteiger charge is -2.18. The van der Waals surface area contributed by atoms with Gasteiger partial charge in [-0.1, -0.05) is 0 Å². The first kappa shape index (κ1) is 14.0. The second-order valence-electron chi connectivity index (χ2n) is 4.51. The predicted molar refractivity (Wildman–Crippen MR) is 71.9 cm³/mol. The maximum Gasteiger partial charge on any atom is 0.346 e. The number of hydrogen-bond donors (Lipinski definition) is 1. The van der Waals surface area contributed by atoms with Crippen LogP contribution in [0.25, 0.3) is 0 Å². The summed E-state index contributed by atoms with van der Waals surface area (Å²) in [6.07, 6.45) is 0. The van der Waals surface area contributed by atoms with Crippen molar-refractivity contribution < 1.29 is 27.8 Å². The van der Waals surface area contributed by atoms with Crippen LogP contribution in [0.3, 0.4) is 0 Å². The van der Waals surface area contributed by atoms with Gasteiger partial charge in [-0.25, -0.2) is 13.6 Å². The Bertz CT molecular complexity index is 776. The van der Waals surface area contributed by atoms with Crippen LogP contribution in [-0.4, -0.2) is 18.5 Å². The van der Waals surface area contributed by atoms with Crippen molar-refractivity contribution >= 4 is 17.6 Å². The number of benzene rings is 2. The Morgan fingerprint density at radius 1 is 1.18 bits per heavy atom. The molecule has 0 atom stereocenters. The minimum Gasteiger partial charge on any atom is -0.482 e. The first-order valence-electron chi connectivity index (χ1n) is 6.27. The average molecular weight is 305 g/mol. The second kappa shape index (κ2) is 5.44. The average Bonchev–Trinajstić information content (AvgIpc) is 2.49. The molecule has 1 amide bonds. The van der Waals surface area contributed by atoms with E-state index in [2.05, 4.69) is 5.32 Å². The molecule has 0 radical (unpaired) electrons. The van der Waals surface area contributed by atoms with Gasteiger partial charge in [-0.05, 0) is 30.3 Å². The number of carbonyl (C=O) groups excluding carboxylic acids is 2. The summed E-state index contributed by atoms with van der Waals surface area (Å²) in [5, 5.41) is 2.54. The zero-order chi connectivity index (χ0) is 15.7. The third-order valence-electron chi connectivity index (χ3n) is 2.94. The van der Waals surface area contributed by atoms with E-state index in [9.17, 15) is 18.4 Å². The molecular formula is C15H9F2NO4. The van der Waals surface area contributed by atoms with Gasteiger partial charge in [0.2, 0.25) is 0 Å². The Kier molecular flexibility index (Phi) is 3.46. The van der Waals surface area contributed by atoms with Crippen LogP contribution < -0.4 is 14.8 Å².